The number of halogens is 4. The first-order valence-corrected chi connectivity index (χ1v) is 9.00. The molecule has 0 unspecified atom stereocenters. The number of benzene rings is 1. The zero-order valence-electron chi connectivity index (χ0n) is 13.8. The van der Waals surface area contributed by atoms with Crippen molar-refractivity contribution in [3.05, 3.63) is 58.7 Å². The number of aromatic nitrogens is 3. The maximum atomic E-state index is 12.8. The molecule has 0 aliphatic carbocycles. The van der Waals surface area contributed by atoms with Crippen LogP contribution in [-0.2, 0) is 11.0 Å². The molecule has 1 aromatic carbocycles. The summed E-state index contributed by atoms with van der Waals surface area (Å²) in [5.74, 6) is -1.31. The summed E-state index contributed by atoms with van der Waals surface area (Å²) in [4.78, 5) is 23.8. The second-order valence-electron chi connectivity index (χ2n) is 5.42. The summed E-state index contributed by atoms with van der Waals surface area (Å²) < 4.78 is 39.6. The number of hydrogen-bond acceptors (Lipinski definition) is 5. The molecule has 146 valence electrons. The van der Waals surface area contributed by atoms with E-state index in [0.29, 0.717) is 10.6 Å². The number of rotatable bonds is 4. The fourth-order valence-corrected chi connectivity index (χ4v) is 2.94. The van der Waals surface area contributed by atoms with Crippen molar-refractivity contribution in [2.75, 3.05) is 5.75 Å². The van der Waals surface area contributed by atoms with E-state index in [1.807, 2.05) is 0 Å². The first-order chi connectivity index (χ1) is 13.2. The summed E-state index contributed by atoms with van der Waals surface area (Å²) in [6.07, 6.45) is -3.65. The SMILES string of the molecule is O=C(CSc1nnc2ccc(C(F)(F)F)cn12)NNC(=O)c1ccc(Cl)cc1. The van der Waals surface area contributed by atoms with Gasteiger partial charge in [0.25, 0.3) is 5.91 Å². The third-order valence-electron chi connectivity index (χ3n) is 3.45. The molecule has 7 nitrogen and oxygen atoms in total. The van der Waals surface area contributed by atoms with Crippen LogP contribution in [0, 0.1) is 0 Å². The average molecular weight is 430 g/mol. The van der Waals surface area contributed by atoms with Crippen molar-refractivity contribution >= 4 is 40.8 Å². The lowest BCUT2D eigenvalue weighted by atomic mass is 10.2. The molecular formula is C16H11ClF3N5O2S. The highest BCUT2D eigenvalue weighted by Gasteiger charge is 2.31. The molecule has 2 heterocycles. The van der Waals surface area contributed by atoms with Crippen molar-refractivity contribution in [3.63, 3.8) is 0 Å². The lowest BCUT2D eigenvalue weighted by Crippen LogP contribution is -2.42. The molecule has 0 aliphatic heterocycles. The van der Waals surface area contributed by atoms with Gasteiger partial charge in [0.2, 0.25) is 5.91 Å². The molecule has 0 aliphatic rings. The summed E-state index contributed by atoms with van der Waals surface area (Å²) in [6.45, 7) is 0. The summed E-state index contributed by atoms with van der Waals surface area (Å²) >= 11 is 6.61. The molecule has 2 aromatic heterocycles. The van der Waals surface area contributed by atoms with Gasteiger partial charge in [0.1, 0.15) is 0 Å². The highest BCUT2D eigenvalue weighted by atomic mass is 35.5. The van der Waals surface area contributed by atoms with Crippen LogP contribution in [-0.4, -0.2) is 32.2 Å². The first kappa shape index (κ1) is 20.0. The molecule has 2 N–H and O–H groups in total. The monoisotopic (exact) mass is 429 g/mol. The van der Waals surface area contributed by atoms with Gasteiger partial charge in [-0.3, -0.25) is 24.8 Å². The number of thioether (sulfide) groups is 1. The molecule has 0 atom stereocenters. The van der Waals surface area contributed by atoms with Gasteiger partial charge in [0, 0.05) is 16.8 Å². The Morgan fingerprint density at radius 2 is 1.79 bits per heavy atom. The van der Waals surface area contributed by atoms with Gasteiger partial charge in [-0.2, -0.15) is 13.2 Å². The molecule has 0 fully saturated rings. The summed E-state index contributed by atoms with van der Waals surface area (Å²) in [7, 11) is 0. The van der Waals surface area contributed by atoms with Crippen molar-refractivity contribution in [3.8, 4) is 0 Å². The number of hydrogen-bond donors (Lipinski definition) is 2. The average Bonchev–Trinajstić information content (AvgIpc) is 3.06. The van der Waals surface area contributed by atoms with Gasteiger partial charge < -0.3 is 0 Å². The van der Waals surface area contributed by atoms with Crippen LogP contribution in [0.2, 0.25) is 5.02 Å². The minimum atomic E-state index is -4.51. The zero-order chi connectivity index (χ0) is 20.3. The molecule has 3 rings (SSSR count). The summed E-state index contributed by atoms with van der Waals surface area (Å²) in [5.41, 5.74) is 4.09. The van der Waals surface area contributed by atoms with Crippen LogP contribution >= 0.6 is 23.4 Å². The Morgan fingerprint density at radius 3 is 2.46 bits per heavy atom. The van der Waals surface area contributed by atoms with Gasteiger partial charge >= 0.3 is 6.18 Å². The normalized spacial score (nSPS) is 11.4. The van der Waals surface area contributed by atoms with E-state index < -0.39 is 23.6 Å². The number of carbonyl (C=O) groups excluding carboxylic acids is 2. The topological polar surface area (TPSA) is 88.4 Å². The van der Waals surface area contributed by atoms with E-state index in [-0.39, 0.29) is 16.6 Å². The van der Waals surface area contributed by atoms with Crippen LogP contribution in [0.4, 0.5) is 13.2 Å². The van der Waals surface area contributed by atoms with Crippen molar-refractivity contribution in [2.45, 2.75) is 11.3 Å². The predicted octanol–water partition coefficient (Wildman–Crippen LogP) is 2.95. The Labute approximate surface area is 165 Å². The fraction of sp³-hybridized carbons (Fsp3) is 0.125. The van der Waals surface area contributed by atoms with Gasteiger partial charge in [0.05, 0.1) is 11.3 Å². The number of nitrogens with zero attached hydrogens (tertiary/aromatic N) is 3. The highest BCUT2D eigenvalue weighted by molar-refractivity contribution is 7.99. The number of amides is 2. The second-order valence-corrected chi connectivity index (χ2v) is 6.80. The van der Waals surface area contributed by atoms with Gasteiger partial charge in [-0.15, -0.1) is 10.2 Å². The Kier molecular flexibility index (Phi) is 5.75. The van der Waals surface area contributed by atoms with Crippen LogP contribution in [0.15, 0.2) is 47.8 Å². The van der Waals surface area contributed by atoms with Crippen LogP contribution in [0.25, 0.3) is 5.65 Å². The van der Waals surface area contributed by atoms with Crippen LogP contribution in [0.1, 0.15) is 15.9 Å². The molecule has 0 spiro atoms. The minimum Gasteiger partial charge on any atom is -0.277 e. The first-order valence-electron chi connectivity index (χ1n) is 7.63. The molecule has 2 amide bonds. The quantitative estimate of drug-likeness (QED) is 0.492. The van der Waals surface area contributed by atoms with Crippen molar-refractivity contribution in [1.29, 1.82) is 0 Å². The van der Waals surface area contributed by atoms with Gasteiger partial charge in [-0.1, -0.05) is 23.4 Å². The van der Waals surface area contributed by atoms with E-state index in [0.717, 1.165) is 28.4 Å². The van der Waals surface area contributed by atoms with Crippen molar-refractivity contribution in [1.82, 2.24) is 25.4 Å². The van der Waals surface area contributed by atoms with Crippen LogP contribution in [0.5, 0.6) is 0 Å². The Hall–Kier alpha value is -2.79. The standard InChI is InChI=1S/C16H11ClF3N5O2S/c17-11-4-1-9(2-5-11)14(27)23-22-13(26)8-28-15-24-21-12-6-3-10(7-25(12)15)16(18,19)20/h1-7H,8H2,(H,22,26)(H,23,27). The minimum absolute atomic E-state index is 0.111. The number of fused-ring (bicyclic) bond motifs is 1. The van der Waals surface area contributed by atoms with Gasteiger partial charge in [-0.05, 0) is 36.4 Å². The summed E-state index contributed by atoms with van der Waals surface area (Å²) in [6, 6.07) is 8.11. The maximum Gasteiger partial charge on any atom is 0.417 e. The molecule has 0 saturated heterocycles. The predicted molar refractivity (Wildman–Crippen MR) is 95.8 cm³/mol. The smallest absolute Gasteiger partial charge is 0.277 e. The molecule has 0 bridgehead atoms. The van der Waals surface area contributed by atoms with E-state index in [4.69, 9.17) is 11.6 Å². The number of nitrogens with one attached hydrogen (secondary N) is 2. The zero-order valence-corrected chi connectivity index (χ0v) is 15.4. The van der Waals surface area contributed by atoms with E-state index in [1.165, 1.54) is 30.3 Å². The Bertz CT molecular complexity index is 1020. The number of hydrazine groups is 1. The maximum absolute atomic E-state index is 12.8. The molecule has 0 radical (unpaired) electrons. The number of alkyl halides is 3. The fourth-order valence-electron chi connectivity index (χ4n) is 2.10. The largest absolute Gasteiger partial charge is 0.417 e. The van der Waals surface area contributed by atoms with Crippen LogP contribution < -0.4 is 10.9 Å². The Balaban J connectivity index is 1.58. The van der Waals surface area contributed by atoms with E-state index in [2.05, 4.69) is 21.0 Å². The third kappa shape index (κ3) is 4.73. The Morgan fingerprint density at radius 1 is 1.07 bits per heavy atom. The molecule has 0 saturated carbocycles. The van der Waals surface area contributed by atoms with E-state index >= 15 is 0 Å². The lowest BCUT2D eigenvalue weighted by molar-refractivity contribution is -0.137. The third-order valence-corrected chi connectivity index (χ3v) is 4.65. The van der Waals surface area contributed by atoms with Crippen molar-refractivity contribution in [2.24, 2.45) is 0 Å². The van der Waals surface area contributed by atoms with Crippen molar-refractivity contribution < 1.29 is 22.8 Å². The molecule has 3 aromatic rings. The van der Waals surface area contributed by atoms with E-state index in [1.54, 1.807) is 0 Å². The van der Waals surface area contributed by atoms with E-state index in [9.17, 15) is 22.8 Å². The number of carbonyl (C=O) groups is 2. The van der Waals surface area contributed by atoms with Gasteiger partial charge in [-0.25, -0.2) is 0 Å². The number of pyridine rings is 1. The highest BCUT2D eigenvalue weighted by Crippen LogP contribution is 2.30. The molecular weight excluding hydrogens is 419 g/mol. The summed E-state index contributed by atoms with van der Waals surface area (Å²) in [5, 5.41) is 8.10. The second kappa shape index (κ2) is 8.07. The van der Waals surface area contributed by atoms with Crippen LogP contribution in [0.3, 0.4) is 0 Å². The lowest BCUT2D eigenvalue weighted by Gasteiger charge is -2.08. The van der Waals surface area contributed by atoms with Gasteiger partial charge in [0.15, 0.2) is 10.8 Å². The molecule has 12 heteroatoms. The molecule has 28 heavy (non-hydrogen) atoms.